The van der Waals surface area contributed by atoms with E-state index in [1.807, 2.05) is 6.92 Å². The Bertz CT molecular complexity index is 940. The Morgan fingerprint density at radius 3 is 2.52 bits per heavy atom. The summed E-state index contributed by atoms with van der Waals surface area (Å²) in [6.45, 7) is 5.42. The van der Waals surface area contributed by atoms with Crippen LogP contribution in [0, 0.1) is 5.92 Å². The third-order valence-electron chi connectivity index (χ3n) is 5.92. The summed E-state index contributed by atoms with van der Waals surface area (Å²) >= 11 is 0. The molecule has 4 rings (SSSR count). The predicted molar refractivity (Wildman–Crippen MR) is 117 cm³/mol. The Kier molecular flexibility index (Phi) is 6.30. The lowest BCUT2D eigenvalue weighted by Gasteiger charge is -2.30. The molecule has 1 fully saturated rings. The molecule has 0 spiro atoms. The van der Waals surface area contributed by atoms with E-state index >= 15 is 0 Å². The summed E-state index contributed by atoms with van der Waals surface area (Å²) in [4.78, 5) is 14.4. The minimum absolute atomic E-state index is 0.0143. The summed E-state index contributed by atoms with van der Waals surface area (Å²) in [6, 6.07) is 21.6. The van der Waals surface area contributed by atoms with Crippen LogP contribution in [0.1, 0.15) is 31.9 Å². The number of likely N-dealkylation sites (tertiary alicyclic amines) is 1. The van der Waals surface area contributed by atoms with Gasteiger partial charge >= 0.3 is 5.97 Å². The Balaban J connectivity index is 1.39. The number of esters is 1. The number of hydrogen-bond acceptors (Lipinski definition) is 3. The van der Waals surface area contributed by atoms with Crippen molar-refractivity contribution >= 4 is 16.9 Å². The van der Waals surface area contributed by atoms with Crippen LogP contribution in [0.5, 0.6) is 0 Å². The zero-order valence-corrected chi connectivity index (χ0v) is 17.2. The molecule has 4 nitrogen and oxygen atoms in total. The van der Waals surface area contributed by atoms with Crippen LogP contribution < -0.4 is 0 Å². The number of fused-ring (bicyclic) bond motifs is 1. The summed E-state index contributed by atoms with van der Waals surface area (Å²) in [5.41, 5.74) is 3.85. The first-order chi connectivity index (χ1) is 14.3. The highest BCUT2D eigenvalue weighted by Crippen LogP contribution is 2.26. The van der Waals surface area contributed by atoms with Crippen LogP contribution in [0.4, 0.5) is 0 Å². The van der Waals surface area contributed by atoms with Crippen LogP contribution in [0.2, 0.25) is 0 Å². The Morgan fingerprint density at radius 1 is 1.03 bits per heavy atom. The minimum atomic E-state index is -0.0143. The second-order valence-corrected chi connectivity index (χ2v) is 7.84. The molecule has 4 heteroatoms. The van der Waals surface area contributed by atoms with Crippen LogP contribution in [0.3, 0.4) is 0 Å². The van der Waals surface area contributed by atoms with Gasteiger partial charge in [-0.2, -0.15) is 0 Å². The van der Waals surface area contributed by atoms with Crippen molar-refractivity contribution in [3.8, 4) is 5.69 Å². The number of nitrogens with zero attached hydrogens (tertiary/aromatic N) is 2. The summed E-state index contributed by atoms with van der Waals surface area (Å²) in [6.07, 6.45) is 4.00. The molecule has 0 saturated carbocycles. The number of piperidine rings is 1. The lowest BCUT2D eigenvalue weighted by molar-refractivity contribution is -0.149. The molecule has 2 aromatic carbocycles. The number of benzene rings is 2. The molecule has 0 atom stereocenters. The number of hydrogen-bond donors (Lipinski definition) is 0. The van der Waals surface area contributed by atoms with Gasteiger partial charge < -0.3 is 14.2 Å². The fraction of sp³-hybridized carbons (Fsp3) is 0.400. The number of ether oxygens (including phenoxy) is 1. The van der Waals surface area contributed by atoms with E-state index in [1.54, 1.807) is 0 Å². The third-order valence-corrected chi connectivity index (χ3v) is 5.92. The molecule has 1 saturated heterocycles. The van der Waals surface area contributed by atoms with Gasteiger partial charge in [-0.25, -0.2) is 0 Å². The van der Waals surface area contributed by atoms with Crippen molar-refractivity contribution in [2.45, 2.75) is 32.6 Å². The molecule has 152 valence electrons. The van der Waals surface area contributed by atoms with Crippen molar-refractivity contribution in [1.82, 2.24) is 9.47 Å². The average Bonchev–Trinajstić information content (AvgIpc) is 3.13. The van der Waals surface area contributed by atoms with Gasteiger partial charge in [-0.3, -0.25) is 4.79 Å². The first kappa shape index (κ1) is 19.7. The topological polar surface area (TPSA) is 34.5 Å². The normalized spacial score (nSPS) is 15.6. The lowest BCUT2D eigenvalue weighted by Crippen LogP contribution is -2.37. The molecular weight excluding hydrogens is 360 g/mol. The molecule has 1 aromatic heterocycles. The maximum absolute atomic E-state index is 11.9. The van der Waals surface area contributed by atoms with Crippen molar-refractivity contribution in [2.24, 2.45) is 5.92 Å². The minimum Gasteiger partial charge on any atom is -0.466 e. The van der Waals surface area contributed by atoms with E-state index in [0.717, 1.165) is 45.3 Å². The SMILES string of the molecule is CCOC(=O)C1CCN(CCCc2cc3ccccc3n2-c2ccccc2)CC1. The smallest absolute Gasteiger partial charge is 0.309 e. The summed E-state index contributed by atoms with van der Waals surface area (Å²) < 4.78 is 7.57. The number of carbonyl (C=O) groups excluding carboxylic acids is 1. The van der Waals surface area contributed by atoms with Crippen LogP contribution in [-0.4, -0.2) is 41.7 Å². The number of aryl methyl sites for hydroxylation is 1. The summed E-state index contributed by atoms with van der Waals surface area (Å²) in [5, 5.41) is 1.29. The highest BCUT2D eigenvalue weighted by Gasteiger charge is 2.25. The van der Waals surface area contributed by atoms with Gasteiger partial charge in [0, 0.05) is 16.8 Å². The third kappa shape index (κ3) is 4.54. The van der Waals surface area contributed by atoms with E-state index in [4.69, 9.17) is 4.74 Å². The standard InChI is InChI=1S/C25H30N2O2/c1-2-29-25(28)20-14-17-26(18-15-20)16-8-12-23-19-21-9-6-7-13-24(21)27(23)22-10-4-3-5-11-22/h3-7,9-11,13,19-20H,2,8,12,14-18H2,1H3. The number of aromatic nitrogens is 1. The van der Waals surface area contributed by atoms with E-state index in [0.29, 0.717) is 6.61 Å². The highest BCUT2D eigenvalue weighted by molar-refractivity contribution is 5.83. The molecule has 29 heavy (non-hydrogen) atoms. The zero-order valence-electron chi connectivity index (χ0n) is 17.2. The largest absolute Gasteiger partial charge is 0.466 e. The van der Waals surface area contributed by atoms with E-state index in [1.165, 1.54) is 22.3 Å². The van der Waals surface area contributed by atoms with Gasteiger partial charge in [-0.15, -0.1) is 0 Å². The Hall–Kier alpha value is -2.59. The summed E-state index contributed by atoms with van der Waals surface area (Å²) in [5.74, 6) is 0.0753. The quantitative estimate of drug-likeness (QED) is 0.542. The van der Waals surface area contributed by atoms with Gasteiger partial charge in [-0.05, 0) is 76.5 Å². The van der Waals surface area contributed by atoms with Gasteiger partial charge in [-0.1, -0.05) is 36.4 Å². The van der Waals surface area contributed by atoms with E-state index < -0.39 is 0 Å². The number of rotatable bonds is 7. The fourth-order valence-electron chi connectivity index (χ4n) is 4.41. The highest BCUT2D eigenvalue weighted by atomic mass is 16.5. The van der Waals surface area contributed by atoms with Gasteiger partial charge in [0.25, 0.3) is 0 Å². The molecule has 3 aromatic rings. The summed E-state index contributed by atoms with van der Waals surface area (Å²) in [7, 11) is 0. The van der Waals surface area contributed by atoms with Crippen LogP contribution in [0.15, 0.2) is 60.7 Å². The maximum Gasteiger partial charge on any atom is 0.309 e. The molecule has 0 radical (unpaired) electrons. The molecule has 1 aliphatic heterocycles. The van der Waals surface area contributed by atoms with Crippen molar-refractivity contribution < 1.29 is 9.53 Å². The number of carbonyl (C=O) groups is 1. The predicted octanol–water partition coefficient (Wildman–Crippen LogP) is 4.84. The first-order valence-corrected chi connectivity index (χ1v) is 10.8. The maximum atomic E-state index is 11.9. The molecule has 0 amide bonds. The molecule has 0 N–H and O–H groups in total. The van der Waals surface area contributed by atoms with E-state index in [2.05, 4.69) is 70.1 Å². The molecule has 0 bridgehead atoms. The van der Waals surface area contributed by atoms with Crippen molar-refractivity contribution in [2.75, 3.05) is 26.2 Å². The van der Waals surface area contributed by atoms with Crippen molar-refractivity contribution in [3.05, 3.63) is 66.4 Å². The average molecular weight is 391 g/mol. The van der Waals surface area contributed by atoms with Gasteiger partial charge in [0.2, 0.25) is 0 Å². The van der Waals surface area contributed by atoms with Crippen LogP contribution in [-0.2, 0) is 16.0 Å². The Labute approximate surface area is 173 Å². The fourth-order valence-corrected chi connectivity index (χ4v) is 4.41. The molecule has 0 aliphatic carbocycles. The molecule has 0 unspecified atom stereocenters. The lowest BCUT2D eigenvalue weighted by atomic mass is 9.97. The second-order valence-electron chi connectivity index (χ2n) is 7.84. The van der Waals surface area contributed by atoms with E-state index in [-0.39, 0.29) is 11.9 Å². The molecule has 2 heterocycles. The monoisotopic (exact) mass is 390 g/mol. The van der Waals surface area contributed by atoms with Crippen LogP contribution in [0.25, 0.3) is 16.6 Å². The van der Waals surface area contributed by atoms with Gasteiger partial charge in [0.05, 0.1) is 18.0 Å². The Morgan fingerprint density at radius 2 is 1.76 bits per heavy atom. The van der Waals surface area contributed by atoms with Crippen molar-refractivity contribution in [3.63, 3.8) is 0 Å². The molecular formula is C25H30N2O2. The first-order valence-electron chi connectivity index (χ1n) is 10.8. The van der Waals surface area contributed by atoms with Crippen molar-refractivity contribution in [1.29, 1.82) is 0 Å². The number of para-hydroxylation sites is 2. The zero-order chi connectivity index (χ0) is 20.1. The molecule has 1 aliphatic rings. The second kappa shape index (κ2) is 9.27. The van der Waals surface area contributed by atoms with Gasteiger partial charge in [0.1, 0.15) is 0 Å². The van der Waals surface area contributed by atoms with Gasteiger partial charge in [0.15, 0.2) is 0 Å². The van der Waals surface area contributed by atoms with E-state index in [9.17, 15) is 4.79 Å². The van der Waals surface area contributed by atoms with Crippen LogP contribution >= 0.6 is 0 Å².